The van der Waals surface area contributed by atoms with Gasteiger partial charge in [-0.2, -0.15) is 0 Å². The van der Waals surface area contributed by atoms with E-state index >= 15 is 0 Å². The number of hydrogen-bond donors (Lipinski definition) is 1. The first kappa shape index (κ1) is 17.2. The van der Waals surface area contributed by atoms with Crippen LogP contribution in [0, 0.1) is 5.92 Å². The van der Waals surface area contributed by atoms with Crippen LogP contribution in [0.15, 0.2) is 0 Å². The van der Waals surface area contributed by atoms with Crippen LogP contribution in [0.2, 0.25) is 16.6 Å². The summed E-state index contributed by atoms with van der Waals surface area (Å²) in [6.45, 7) is 16.9. The molecule has 0 aromatic rings. The summed E-state index contributed by atoms with van der Waals surface area (Å²) in [7, 11) is -1.70. The van der Waals surface area contributed by atoms with Gasteiger partial charge in [0.15, 0.2) is 8.32 Å². The average molecular weight is 287 g/mol. The zero-order valence-electron chi connectivity index (χ0n) is 14.0. The summed E-state index contributed by atoms with van der Waals surface area (Å²) in [5.41, 5.74) is 1.59. The van der Waals surface area contributed by atoms with Gasteiger partial charge in [-0.3, -0.25) is 0 Å². The molecular formula is C16H34O2Si. The summed E-state index contributed by atoms with van der Waals surface area (Å²) < 4.78 is 6.53. The van der Waals surface area contributed by atoms with Gasteiger partial charge in [0.05, 0.1) is 5.60 Å². The molecular weight excluding hydrogens is 252 g/mol. The average Bonchev–Trinajstić information content (AvgIpc) is 2.95. The summed E-state index contributed by atoms with van der Waals surface area (Å²) in [5, 5.41) is 10.1. The molecule has 1 aliphatic carbocycles. The van der Waals surface area contributed by atoms with Crippen molar-refractivity contribution < 1.29 is 9.53 Å². The molecule has 0 aliphatic heterocycles. The molecule has 2 atom stereocenters. The Bertz CT molecular complexity index is 267. The molecule has 0 spiro atoms. The van der Waals surface area contributed by atoms with E-state index in [9.17, 15) is 5.11 Å². The normalized spacial score (nSPS) is 27.6. The van der Waals surface area contributed by atoms with E-state index in [4.69, 9.17) is 4.43 Å². The van der Waals surface area contributed by atoms with Crippen LogP contribution in [0.4, 0.5) is 0 Å². The molecule has 0 bridgehead atoms. The molecule has 1 fully saturated rings. The molecule has 1 aliphatic rings. The van der Waals surface area contributed by atoms with Gasteiger partial charge in [0.2, 0.25) is 0 Å². The number of aliphatic hydroxyl groups is 1. The third-order valence-electron chi connectivity index (χ3n) is 5.34. The highest BCUT2D eigenvalue weighted by Crippen LogP contribution is 2.49. The van der Waals surface area contributed by atoms with Crippen molar-refractivity contribution in [2.24, 2.45) is 5.92 Å². The Balaban J connectivity index is 2.55. The molecule has 0 unspecified atom stereocenters. The molecule has 0 aromatic carbocycles. The number of hydrogen-bond acceptors (Lipinski definition) is 2. The molecule has 114 valence electrons. The Morgan fingerprint density at radius 1 is 1.11 bits per heavy atom. The number of rotatable bonds is 8. The lowest BCUT2D eigenvalue weighted by Gasteiger charge is -2.42. The predicted octanol–water partition coefficient (Wildman–Crippen LogP) is 4.73. The molecule has 0 radical (unpaired) electrons. The van der Waals surface area contributed by atoms with Gasteiger partial charge in [0.1, 0.15) is 0 Å². The van der Waals surface area contributed by atoms with E-state index in [0.29, 0.717) is 22.5 Å². The molecule has 0 amide bonds. The van der Waals surface area contributed by atoms with Gasteiger partial charge in [-0.15, -0.1) is 0 Å². The zero-order chi connectivity index (χ0) is 14.8. The van der Waals surface area contributed by atoms with Gasteiger partial charge >= 0.3 is 0 Å². The minimum absolute atomic E-state index is 0.360. The first-order chi connectivity index (χ1) is 8.70. The third kappa shape index (κ3) is 3.42. The minimum Gasteiger partial charge on any atom is -0.416 e. The van der Waals surface area contributed by atoms with Crippen LogP contribution < -0.4 is 0 Å². The Hall–Kier alpha value is 0.137. The van der Waals surface area contributed by atoms with Crippen LogP contribution in [-0.2, 0) is 4.43 Å². The van der Waals surface area contributed by atoms with Crippen molar-refractivity contribution >= 4 is 8.32 Å². The highest BCUT2D eigenvalue weighted by Gasteiger charge is 2.51. The quantitative estimate of drug-likeness (QED) is 0.654. The summed E-state index contributed by atoms with van der Waals surface area (Å²) in [5.74, 6) is 0.482. The summed E-state index contributed by atoms with van der Waals surface area (Å²) in [6, 6.07) is 0. The molecule has 0 saturated heterocycles. The molecule has 3 heteroatoms. The maximum absolute atomic E-state index is 10.1. The van der Waals surface area contributed by atoms with Crippen LogP contribution >= 0.6 is 0 Å². The van der Waals surface area contributed by atoms with Gasteiger partial charge in [0, 0.05) is 6.61 Å². The zero-order valence-corrected chi connectivity index (χ0v) is 15.0. The molecule has 2 nitrogen and oxygen atoms in total. The Labute approximate surface area is 121 Å². The van der Waals surface area contributed by atoms with Crippen molar-refractivity contribution in [3.05, 3.63) is 0 Å². The monoisotopic (exact) mass is 286 g/mol. The molecule has 0 aromatic heterocycles. The van der Waals surface area contributed by atoms with Crippen LogP contribution in [0.25, 0.3) is 0 Å². The Morgan fingerprint density at radius 3 is 1.89 bits per heavy atom. The van der Waals surface area contributed by atoms with Gasteiger partial charge in [0.25, 0.3) is 0 Å². The van der Waals surface area contributed by atoms with Crippen molar-refractivity contribution in [3.63, 3.8) is 0 Å². The Kier molecular flexibility index (Phi) is 5.68. The van der Waals surface area contributed by atoms with Crippen LogP contribution in [0.5, 0.6) is 0 Å². The SMILES string of the molecule is CC[C@]1(O)C[C@H]1CCO[Si](C(C)C)(C(C)C)C(C)C. The summed E-state index contributed by atoms with van der Waals surface area (Å²) in [4.78, 5) is 0. The van der Waals surface area contributed by atoms with Gasteiger partial charge in [-0.1, -0.05) is 48.5 Å². The first-order valence-electron chi connectivity index (χ1n) is 8.07. The second-order valence-electron chi connectivity index (χ2n) is 7.31. The van der Waals surface area contributed by atoms with Crippen LogP contribution in [-0.4, -0.2) is 25.6 Å². The molecule has 0 heterocycles. The summed E-state index contributed by atoms with van der Waals surface area (Å²) >= 11 is 0. The smallest absolute Gasteiger partial charge is 0.200 e. The highest BCUT2D eigenvalue weighted by atomic mass is 28.4. The molecule has 19 heavy (non-hydrogen) atoms. The second kappa shape index (κ2) is 6.27. The predicted molar refractivity (Wildman–Crippen MR) is 85.0 cm³/mol. The third-order valence-corrected chi connectivity index (χ3v) is 11.5. The second-order valence-corrected chi connectivity index (χ2v) is 12.8. The van der Waals surface area contributed by atoms with E-state index < -0.39 is 8.32 Å². The molecule has 1 rings (SSSR count). The minimum atomic E-state index is -1.70. The van der Waals surface area contributed by atoms with Gasteiger partial charge in [-0.25, -0.2) is 0 Å². The van der Waals surface area contributed by atoms with Crippen molar-refractivity contribution in [1.82, 2.24) is 0 Å². The van der Waals surface area contributed by atoms with E-state index in [1.807, 2.05) is 0 Å². The van der Waals surface area contributed by atoms with Crippen molar-refractivity contribution in [1.29, 1.82) is 0 Å². The summed E-state index contributed by atoms with van der Waals surface area (Å²) in [6.07, 6.45) is 2.90. The van der Waals surface area contributed by atoms with Crippen molar-refractivity contribution in [3.8, 4) is 0 Å². The van der Waals surface area contributed by atoms with Crippen molar-refractivity contribution in [2.45, 2.75) is 90.0 Å². The van der Waals surface area contributed by atoms with Crippen molar-refractivity contribution in [2.75, 3.05) is 6.61 Å². The molecule has 1 saturated carbocycles. The fourth-order valence-electron chi connectivity index (χ4n) is 4.05. The van der Waals surface area contributed by atoms with E-state index in [1.165, 1.54) is 0 Å². The van der Waals surface area contributed by atoms with E-state index in [0.717, 1.165) is 25.9 Å². The lowest BCUT2D eigenvalue weighted by molar-refractivity contribution is 0.119. The maximum Gasteiger partial charge on any atom is 0.200 e. The van der Waals surface area contributed by atoms with Gasteiger partial charge < -0.3 is 9.53 Å². The van der Waals surface area contributed by atoms with E-state index in [2.05, 4.69) is 48.5 Å². The lowest BCUT2D eigenvalue weighted by Crippen LogP contribution is -2.48. The highest BCUT2D eigenvalue weighted by molar-refractivity contribution is 6.77. The lowest BCUT2D eigenvalue weighted by atomic mass is 10.2. The fraction of sp³-hybridized carbons (Fsp3) is 1.00. The van der Waals surface area contributed by atoms with Crippen LogP contribution in [0.3, 0.4) is 0 Å². The van der Waals surface area contributed by atoms with E-state index in [-0.39, 0.29) is 5.60 Å². The largest absolute Gasteiger partial charge is 0.416 e. The van der Waals surface area contributed by atoms with Crippen LogP contribution in [0.1, 0.15) is 67.7 Å². The maximum atomic E-state index is 10.1. The Morgan fingerprint density at radius 2 is 1.58 bits per heavy atom. The molecule has 1 N–H and O–H groups in total. The first-order valence-corrected chi connectivity index (χ1v) is 10.2. The van der Waals surface area contributed by atoms with Gasteiger partial charge in [-0.05, 0) is 41.8 Å². The topological polar surface area (TPSA) is 29.5 Å². The van der Waals surface area contributed by atoms with E-state index in [1.54, 1.807) is 0 Å². The standard InChI is InChI=1S/C16H34O2Si/c1-8-16(17)11-15(16)9-10-18-19(12(2)3,13(4)5)14(6)7/h12-15,17H,8-11H2,1-7H3/t15-,16+/m1/s1. The fourth-order valence-corrected chi connectivity index (χ4v) is 9.52.